The number of piperidine rings is 1. The third-order valence-electron chi connectivity index (χ3n) is 4.42. The highest BCUT2D eigenvalue weighted by Gasteiger charge is 2.40. The fraction of sp³-hybridized carbons (Fsp3) is 0.846. The Bertz CT molecular complexity index is 404. The molecule has 2 fully saturated rings. The highest BCUT2D eigenvalue weighted by atomic mass is 16.5. The van der Waals surface area contributed by atoms with Gasteiger partial charge in [0.05, 0.1) is 12.5 Å². The van der Waals surface area contributed by atoms with E-state index >= 15 is 0 Å². The number of hydrogen-bond donors (Lipinski definition) is 1. The van der Waals surface area contributed by atoms with Crippen LogP contribution in [0.1, 0.15) is 50.2 Å². The van der Waals surface area contributed by atoms with Gasteiger partial charge in [-0.05, 0) is 39.7 Å². The molecule has 5 nitrogen and oxygen atoms in total. The molecule has 5 heteroatoms. The fourth-order valence-corrected chi connectivity index (χ4v) is 3.39. The van der Waals surface area contributed by atoms with Crippen LogP contribution in [0.25, 0.3) is 0 Å². The minimum Gasteiger partial charge on any atom is -0.393 e. The molecule has 0 spiro atoms. The fourth-order valence-electron chi connectivity index (χ4n) is 3.39. The molecule has 0 aliphatic carbocycles. The van der Waals surface area contributed by atoms with Crippen molar-refractivity contribution in [1.82, 2.24) is 15.0 Å². The minimum atomic E-state index is -0.424. The molecule has 0 radical (unpaired) electrons. The number of aliphatic hydroxyl groups excluding tert-OH is 1. The summed E-state index contributed by atoms with van der Waals surface area (Å²) in [6.07, 6.45) is 4.91. The molecule has 3 unspecified atom stereocenters. The van der Waals surface area contributed by atoms with Crippen molar-refractivity contribution in [2.75, 3.05) is 7.05 Å². The molecular formula is C13H21N3O2. The molecule has 1 N–H and O–H groups in total. The second kappa shape index (κ2) is 4.63. The Hall–Kier alpha value is -0.940. The molecule has 18 heavy (non-hydrogen) atoms. The van der Waals surface area contributed by atoms with E-state index < -0.39 is 6.10 Å². The third kappa shape index (κ3) is 2.17. The highest BCUT2D eigenvalue weighted by molar-refractivity contribution is 5.05. The molecule has 0 aromatic carbocycles. The van der Waals surface area contributed by atoms with Crippen LogP contribution in [0.5, 0.6) is 0 Å². The maximum absolute atomic E-state index is 9.32. The summed E-state index contributed by atoms with van der Waals surface area (Å²) in [5.41, 5.74) is 0. The van der Waals surface area contributed by atoms with Crippen molar-refractivity contribution >= 4 is 0 Å². The summed E-state index contributed by atoms with van der Waals surface area (Å²) in [7, 11) is 2.23. The summed E-state index contributed by atoms with van der Waals surface area (Å²) >= 11 is 0. The van der Waals surface area contributed by atoms with Crippen molar-refractivity contribution in [3.63, 3.8) is 0 Å². The molecule has 0 saturated carbocycles. The summed E-state index contributed by atoms with van der Waals surface area (Å²) in [5, 5.41) is 13.4. The number of hydrogen-bond acceptors (Lipinski definition) is 5. The quantitative estimate of drug-likeness (QED) is 0.878. The van der Waals surface area contributed by atoms with Crippen LogP contribution in [-0.2, 0) is 6.42 Å². The van der Waals surface area contributed by atoms with Gasteiger partial charge < -0.3 is 14.5 Å². The van der Waals surface area contributed by atoms with E-state index in [1.54, 1.807) is 6.92 Å². The SMILES string of the molecule is CC(O)Cc1nc(C2CC3CCC(C2)N3C)no1. The molecular weight excluding hydrogens is 230 g/mol. The second-order valence-corrected chi connectivity index (χ2v) is 5.82. The monoisotopic (exact) mass is 251 g/mol. The predicted molar refractivity (Wildman–Crippen MR) is 66.2 cm³/mol. The molecule has 2 aliphatic heterocycles. The van der Waals surface area contributed by atoms with Crippen LogP contribution in [0.15, 0.2) is 4.52 Å². The maximum Gasteiger partial charge on any atom is 0.229 e. The van der Waals surface area contributed by atoms with Crippen LogP contribution in [-0.4, -0.2) is 45.4 Å². The van der Waals surface area contributed by atoms with Gasteiger partial charge in [0.15, 0.2) is 5.82 Å². The third-order valence-corrected chi connectivity index (χ3v) is 4.42. The van der Waals surface area contributed by atoms with E-state index in [1.807, 2.05) is 0 Å². The topological polar surface area (TPSA) is 62.4 Å². The van der Waals surface area contributed by atoms with Crippen molar-refractivity contribution in [1.29, 1.82) is 0 Å². The zero-order valence-electron chi connectivity index (χ0n) is 11.0. The standard InChI is InChI=1S/C13H21N3O2/c1-8(17)5-12-14-13(15-18-12)9-6-10-3-4-11(7-9)16(10)2/h8-11,17H,3-7H2,1-2H3. The van der Waals surface area contributed by atoms with E-state index in [9.17, 15) is 5.11 Å². The number of aromatic nitrogens is 2. The van der Waals surface area contributed by atoms with E-state index in [4.69, 9.17) is 4.52 Å². The maximum atomic E-state index is 9.32. The first-order valence-electron chi connectivity index (χ1n) is 6.86. The van der Waals surface area contributed by atoms with E-state index in [1.165, 1.54) is 12.8 Å². The molecule has 2 saturated heterocycles. The van der Waals surface area contributed by atoms with Gasteiger partial charge in [-0.1, -0.05) is 5.16 Å². The van der Waals surface area contributed by atoms with Crippen LogP contribution in [0.4, 0.5) is 0 Å². The molecule has 100 valence electrons. The second-order valence-electron chi connectivity index (χ2n) is 5.82. The Morgan fingerprint density at radius 1 is 1.39 bits per heavy atom. The van der Waals surface area contributed by atoms with Crippen LogP contribution in [0, 0.1) is 0 Å². The first-order chi connectivity index (χ1) is 8.63. The summed E-state index contributed by atoms with van der Waals surface area (Å²) in [4.78, 5) is 6.95. The molecule has 2 aliphatic rings. The van der Waals surface area contributed by atoms with E-state index in [0.29, 0.717) is 30.3 Å². The molecule has 3 atom stereocenters. The van der Waals surface area contributed by atoms with Gasteiger partial charge in [-0.2, -0.15) is 4.98 Å². The number of fused-ring (bicyclic) bond motifs is 2. The summed E-state index contributed by atoms with van der Waals surface area (Å²) in [5.74, 6) is 1.84. The van der Waals surface area contributed by atoms with Crippen molar-refractivity contribution in [2.24, 2.45) is 0 Å². The summed E-state index contributed by atoms with van der Waals surface area (Å²) in [6.45, 7) is 1.74. The Balaban J connectivity index is 1.70. The predicted octanol–water partition coefficient (Wildman–Crippen LogP) is 1.33. The molecule has 2 bridgehead atoms. The number of aliphatic hydroxyl groups is 1. The number of rotatable bonds is 3. The molecule has 1 aromatic heterocycles. The first-order valence-corrected chi connectivity index (χ1v) is 6.86. The molecule has 3 heterocycles. The molecule has 1 aromatic rings. The van der Waals surface area contributed by atoms with E-state index in [-0.39, 0.29) is 0 Å². The summed E-state index contributed by atoms with van der Waals surface area (Å²) in [6, 6.07) is 1.37. The Labute approximate surface area is 107 Å². The van der Waals surface area contributed by atoms with Gasteiger partial charge in [0.25, 0.3) is 0 Å². The van der Waals surface area contributed by atoms with Gasteiger partial charge in [0.2, 0.25) is 5.89 Å². The minimum absolute atomic E-state index is 0.424. The lowest BCUT2D eigenvalue weighted by molar-refractivity contribution is 0.157. The lowest BCUT2D eigenvalue weighted by Gasteiger charge is -2.34. The van der Waals surface area contributed by atoms with Crippen LogP contribution >= 0.6 is 0 Å². The van der Waals surface area contributed by atoms with Crippen LogP contribution in [0.3, 0.4) is 0 Å². The first kappa shape index (κ1) is 12.1. The van der Waals surface area contributed by atoms with Crippen LogP contribution < -0.4 is 0 Å². The van der Waals surface area contributed by atoms with Gasteiger partial charge in [-0.3, -0.25) is 0 Å². The van der Waals surface area contributed by atoms with Gasteiger partial charge in [-0.25, -0.2) is 0 Å². The Morgan fingerprint density at radius 2 is 2.06 bits per heavy atom. The van der Waals surface area contributed by atoms with E-state index in [0.717, 1.165) is 18.7 Å². The summed E-state index contributed by atoms with van der Waals surface area (Å²) < 4.78 is 5.21. The molecule has 0 amide bonds. The zero-order valence-corrected chi connectivity index (χ0v) is 11.0. The average Bonchev–Trinajstić information content (AvgIpc) is 2.81. The van der Waals surface area contributed by atoms with Crippen molar-refractivity contribution in [3.8, 4) is 0 Å². The average molecular weight is 251 g/mol. The lowest BCUT2D eigenvalue weighted by atomic mass is 9.90. The number of nitrogens with zero attached hydrogens (tertiary/aromatic N) is 3. The van der Waals surface area contributed by atoms with Crippen LogP contribution in [0.2, 0.25) is 0 Å². The zero-order chi connectivity index (χ0) is 12.7. The van der Waals surface area contributed by atoms with Crippen molar-refractivity contribution < 1.29 is 9.63 Å². The Kier molecular flexibility index (Phi) is 3.11. The van der Waals surface area contributed by atoms with E-state index in [2.05, 4.69) is 22.1 Å². The smallest absolute Gasteiger partial charge is 0.229 e. The normalized spacial score (nSPS) is 33.8. The van der Waals surface area contributed by atoms with Gasteiger partial charge in [0, 0.05) is 18.0 Å². The largest absolute Gasteiger partial charge is 0.393 e. The molecule has 3 rings (SSSR count). The van der Waals surface area contributed by atoms with Crippen molar-refractivity contribution in [2.45, 2.75) is 63.1 Å². The highest BCUT2D eigenvalue weighted by Crippen LogP contribution is 2.41. The van der Waals surface area contributed by atoms with Gasteiger partial charge >= 0.3 is 0 Å². The van der Waals surface area contributed by atoms with Gasteiger partial charge in [0.1, 0.15) is 0 Å². The Morgan fingerprint density at radius 3 is 2.67 bits per heavy atom. The van der Waals surface area contributed by atoms with Crippen molar-refractivity contribution in [3.05, 3.63) is 11.7 Å². The lowest BCUT2D eigenvalue weighted by Crippen LogP contribution is -2.39. The van der Waals surface area contributed by atoms with Gasteiger partial charge in [-0.15, -0.1) is 0 Å².